The Kier molecular flexibility index (Phi) is 7.03. The molecule has 3 aromatic heterocycles. The van der Waals surface area contributed by atoms with Crippen molar-refractivity contribution >= 4 is 28.6 Å². The molecule has 186 valence electrons. The van der Waals surface area contributed by atoms with Crippen LogP contribution in [0.3, 0.4) is 0 Å². The quantitative estimate of drug-likeness (QED) is 0.364. The first-order valence-electron chi connectivity index (χ1n) is 12.6. The zero-order valence-corrected chi connectivity index (χ0v) is 21.4. The summed E-state index contributed by atoms with van der Waals surface area (Å²) in [5, 5.41) is 4.47. The van der Waals surface area contributed by atoms with Gasteiger partial charge in [0.15, 0.2) is 0 Å². The van der Waals surface area contributed by atoms with Crippen molar-refractivity contribution < 1.29 is 0 Å². The molecule has 0 saturated heterocycles. The Labute approximate surface area is 215 Å². The predicted octanol–water partition coefficient (Wildman–Crippen LogP) is 5.43. The van der Waals surface area contributed by atoms with Crippen LogP contribution in [0.15, 0.2) is 53.6 Å². The van der Waals surface area contributed by atoms with Crippen molar-refractivity contribution in [3.05, 3.63) is 69.7 Å². The molecule has 3 heterocycles. The van der Waals surface area contributed by atoms with Gasteiger partial charge in [0.25, 0.3) is 5.56 Å². The molecule has 0 unspecified atom stereocenters. The van der Waals surface area contributed by atoms with Crippen molar-refractivity contribution in [1.82, 2.24) is 19.5 Å². The number of aromatic nitrogens is 4. The monoisotopic (exact) mass is 502 g/mol. The lowest BCUT2D eigenvalue weighted by Gasteiger charge is -2.27. The third-order valence-electron chi connectivity index (χ3n) is 7.04. The number of nitrogens with zero attached hydrogens (tertiary/aromatic N) is 4. The zero-order valence-electron chi connectivity index (χ0n) is 20.7. The minimum atomic E-state index is -0.0952. The van der Waals surface area contributed by atoms with E-state index in [2.05, 4.69) is 15.3 Å². The first kappa shape index (κ1) is 24.4. The number of pyridine rings is 2. The normalized spacial score (nSPS) is 17.9. The van der Waals surface area contributed by atoms with E-state index < -0.39 is 0 Å². The highest BCUT2D eigenvalue weighted by molar-refractivity contribution is 6.33. The Morgan fingerprint density at radius 1 is 1.11 bits per heavy atom. The third-order valence-corrected chi connectivity index (χ3v) is 7.35. The number of halogens is 1. The molecule has 1 saturated carbocycles. The van der Waals surface area contributed by atoms with Crippen LogP contribution >= 0.6 is 11.6 Å². The number of aryl methyl sites for hydroxylation is 1. The maximum Gasteiger partial charge on any atom is 0.260 e. The molecule has 1 aromatic carbocycles. The average molecular weight is 503 g/mol. The molecule has 0 amide bonds. The molecule has 1 aliphatic rings. The maximum absolute atomic E-state index is 13.9. The largest absolute Gasteiger partial charge is 0.354 e. The molecule has 0 atom stereocenters. The second kappa shape index (κ2) is 10.4. The summed E-state index contributed by atoms with van der Waals surface area (Å²) < 4.78 is 1.81. The second-order valence-electron chi connectivity index (χ2n) is 9.62. The summed E-state index contributed by atoms with van der Waals surface area (Å²) in [5.74, 6) is 0.896. The van der Waals surface area contributed by atoms with Crippen molar-refractivity contribution in [2.24, 2.45) is 11.7 Å². The Balaban J connectivity index is 1.62. The zero-order chi connectivity index (χ0) is 25.2. The van der Waals surface area contributed by atoms with E-state index in [1.807, 2.05) is 54.8 Å². The van der Waals surface area contributed by atoms with Gasteiger partial charge in [0, 0.05) is 58.6 Å². The lowest BCUT2D eigenvalue weighted by Crippen LogP contribution is -2.31. The SMILES string of the molecule is CCNc1ncc2cc(-c3ccc(-c4ncccc4C)cc3Cl)c(=O)n(C[C@H]3CC[C@H](N)CC3)c2n1. The number of nitrogens with one attached hydrogen (secondary N) is 1. The molecule has 8 heteroatoms. The molecule has 5 rings (SSSR count). The van der Waals surface area contributed by atoms with Crippen LogP contribution in [-0.2, 0) is 6.54 Å². The summed E-state index contributed by atoms with van der Waals surface area (Å²) in [4.78, 5) is 27.6. The van der Waals surface area contributed by atoms with E-state index >= 15 is 0 Å². The molecule has 36 heavy (non-hydrogen) atoms. The smallest absolute Gasteiger partial charge is 0.260 e. The van der Waals surface area contributed by atoms with Gasteiger partial charge in [0.2, 0.25) is 5.95 Å². The number of rotatable bonds is 6. The molecule has 0 aliphatic heterocycles. The Morgan fingerprint density at radius 3 is 2.64 bits per heavy atom. The van der Waals surface area contributed by atoms with Crippen LogP contribution in [0.5, 0.6) is 0 Å². The number of nitrogens with two attached hydrogens (primary N) is 1. The topological polar surface area (TPSA) is 98.7 Å². The fourth-order valence-corrected chi connectivity index (χ4v) is 5.34. The molecule has 3 N–H and O–H groups in total. The lowest BCUT2D eigenvalue weighted by molar-refractivity contribution is 0.295. The van der Waals surface area contributed by atoms with Crippen LogP contribution in [0.4, 0.5) is 5.95 Å². The molecule has 0 spiro atoms. The Hall–Kier alpha value is -3.29. The Bertz CT molecular complexity index is 1460. The van der Waals surface area contributed by atoms with Crippen LogP contribution < -0.4 is 16.6 Å². The van der Waals surface area contributed by atoms with Crippen LogP contribution in [0, 0.1) is 12.8 Å². The standard InChI is InChI=1S/C28H31ClN6O/c1-3-31-28-33-15-20-13-23(22-11-8-19(14-24(22)29)25-17(2)5-4-12-32-25)27(36)35(26(20)34-28)16-18-6-9-21(30)10-7-18/h4-5,8,11-15,18,21H,3,6-7,9-10,16,30H2,1-2H3,(H,31,33,34)/t18-,21-. The molecule has 7 nitrogen and oxygen atoms in total. The first-order chi connectivity index (χ1) is 17.4. The minimum Gasteiger partial charge on any atom is -0.354 e. The second-order valence-corrected chi connectivity index (χ2v) is 10.0. The van der Waals surface area contributed by atoms with Crippen LogP contribution in [0.2, 0.25) is 5.02 Å². The molecule has 1 fully saturated rings. The van der Waals surface area contributed by atoms with Gasteiger partial charge >= 0.3 is 0 Å². The molecular weight excluding hydrogens is 472 g/mol. The number of hydrogen-bond acceptors (Lipinski definition) is 6. The van der Waals surface area contributed by atoms with Gasteiger partial charge in [-0.15, -0.1) is 0 Å². The summed E-state index contributed by atoms with van der Waals surface area (Å²) in [7, 11) is 0. The highest BCUT2D eigenvalue weighted by Gasteiger charge is 2.22. The maximum atomic E-state index is 13.9. The lowest BCUT2D eigenvalue weighted by atomic mass is 9.86. The first-order valence-corrected chi connectivity index (χ1v) is 12.9. The van der Waals surface area contributed by atoms with Gasteiger partial charge in [0.1, 0.15) is 5.65 Å². The van der Waals surface area contributed by atoms with Crippen molar-refractivity contribution in [1.29, 1.82) is 0 Å². The van der Waals surface area contributed by atoms with Gasteiger partial charge in [-0.05, 0) is 69.2 Å². The van der Waals surface area contributed by atoms with Crippen molar-refractivity contribution in [3.8, 4) is 22.4 Å². The fraction of sp³-hybridized carbons (Fsp3) is 0.357. The van der Waals surface area contributed by atoms with Crippen LogP contribution in [0.25, 0.3) is 33.4 Å². The number of anilines is 1. The van der Waals surface area contributed by atoms with Crippen molar-refractivity contribution in [3.63, 3.8) is 0 Å². The molecular formula is C28H31ClN6O. The molecule has 0 bridgehead atoms. The van der Waals surface area contributed by atoms with Crippen molar-refractivity contribution in [2.75, 3.05) is 11.9 Å². The average Bonchev–Trinajstić information content (AvgIpc) is 2.87. The highest BCUT2D eigenvalue weighted by Crippen LogP contribution is 2.33. The Morgan fingerprint density at radius 2 is 1.92 bits per heavy atom. The summed E-state index contributed by atoms with van der Waals surface area (Å²) >= 11 is 6.78. The van der Waals surface area contributed by atoms with Gasteiger partial charge in [-0.2, -0.15) is 4.98 Å². The van der Waals surface area contributed by atoms with Gasteiger partial charge < -0.3 is 11.1 Å². The highest BCUT2D eigenvalue weighted by atomic mass is 35.5. The van der Waals surface area contributed by atoms with E-state index in [9.17, 15) is 4.79 Å². The van der Waals surface area contributed by atoms with E-state index in [-0.39, 0.29) is 11.6 Å². The minimum absolute atomic E-state index is 0.0952. The fourth-order valence-electron chi connectivity index (χ4n) is 5.06. The van der Waals surface area contributed by atoms with E-state index in [1.54, 1.807) is 12.4 Å². The van der Waals surface area contributed by atoms with Gasteiger partial charge in [0.05, 0.1) is 5.69 Å². The van der Waals surface area contributed by atoms with Crippen LogP contribution in [0.1, 0.15) is 38.2 Å². The molecule has 0 radical (unpaired) electrons. The summed E-state index contributed by atoms with van der Waals surface area (Å²) in [6.07, 6.45) is 7.51. The summed E-state index contributed by atoms with van der Waals surface area (Å²) in [6.45, 7) is 5.31. The van der Waals surface area contributed by atoms with Gasteiger partial charge in [-0.1, -0.05) is 29.8 Å². The number of hydrogen-bond donors (Lipinski definition) is 2. The van der Waals surface area contributed by atoms with E-state index in [4.69, 9.17) is 22.3 Å². The third kappa shape index (κ3) is 4.86. The summed E-state index contributed by atoms with van der Waals surface area (Å²) in [5.41, 5.74) is 10.8. The van der Waals surface area contributed by atoms with Crippen LogP contribution in [-0.4, -0.2) is 32.1 Å². The molecule has 4 aromatic rings. The number of benzene rings is 1. The van der Waals surface area contributed by atoms with Gasteiger partial charge in [-0.25, -0.2) is 4.98 Å². The van der Waals surface area contributed by atoms with E-state index in [1.165, 1.54) is 0 Å². The van der Waals surface area contributed by atoms with Gasteiger partial charge in [-0.3, -0.25) is 14.3 Å². The number of fused-ring (bicyclic) bond motifs is 1. The van der Waals surface area contributed by atoms with E-state index in [0.29, 0.717) is 46.8 Å². The molecule has 1 aliphatic carbocycles. The van der Waals surface area contributed by atoms with Crippen molar-refractivity contribution in [2.45, 2.75) is 52.1 Å². The summed E-state index contributed by atoms with van der Waals surface area (Å²) in [6, 6.07) is 11.8. The predicted molar refractivity (Wildman–Crippen MR) is 146 cm³/mol. The van der Waals surface area contributed by atoms with E-state index in [0.717, 1.165) is 47.9 Å².